The molecule has 9 nitrogen and oxygen atoms in total. The van der Waals surface area contributed by atoms with Crippen LogP contribution in [0.4, 0.5) is 0 Å². The van der Waals surface area contributed by atoms with Crippen molar-refractivity contribution < 1.29 is 24.5 Å². The average molecular weight is 723 g/mol. The van der Waals surface area contributed by atoms with Crippen LogP contribution in [0.3, 0.4) is 0 Å². The number of carbonyl (C=O) groups excluding carboxylic acids is 1. The van der Waals surface area contributed by atoms with E-state index in [0.29, 0.717) is 18.6 Å². The Kier molecular flexibility index (Phi) is 11.5. The lowest BCUT2D eigenvalue weighted by molar-refractivity contribution is -0.276. The van der Waals surface area contributed by atoms with Crippen molar-refractivity contribution in [3.05, 3.63) is 167 Å². The summed E-state index contributed by atoms with van der Waals surface area (Å²) < 4.78 is 13.4. The number of aliphatic hydroxyl groups excluding tert-OH is 2. The van der Waals surface area contributed by atoms with Crippen molar-refractivity contribution in [1.29, 1.82) is 0 Å². The Morgan fingerprint density at radius 3 is 2.26 bits per heavy atom. The molecule has 2 heterocycles. The zero-order chi connectivity index (χ0) is 37.6. The predicted molar refractivity (Wildman–Crippen MR) is 209 cm³/mol. The molecule has 1 aliphatic rings. The fourth-order valence-electron chi connectivity index (χ4n) is 6.98. The van der Waals surface area contributed by atoms with Crippen LogP contribution in [-0.2, 0) is 22.6 Å². The molecule has 9 heteroatoms. The molecule has 1 amide bonds. The molecule has 0 aliphatic carbocycles. The molecule has 1 aliphatic heterocycles. The van der Waals surface area contributed by atoms with Crippen molar-refractivity contribution in [2.75, 3.05) is 13.6 Å². The maximum atomic E-state index is 12.9. The molecule has 0 bridgehead atoms. The van der Waals surface area contributed by atoms with Gasteiger partial charge in [0.1, 0.15) is 5.69 Å². The molecule has 1 saturated heterocycles. The highest BCUT2D eigenvalue weighted by molar-refractivity contribution is 5.93. The fraction of sp³-hybridized carbons (Fsp3) is 0.267. The second-order valence-electron chi connectivity index (χ2n) is 14.1. The minimum atomic E-state index is -0.648. The van der Waals surface area contributed by atoms with Crippen molar-refractivity contribution in [3.63, 3.8) is 0 Å². The van der Waals surface area contributed by atoms with Gasteiger partial charge in [0.2, 0.25) is 0 Å². The molecule has 276 valence electrons. The van der Waals surface area contributed by atoms with Crippen LogP contribution in [0.15, 0.2) is 134 Å². The highest BCUT2D eigenvalue weighted by atomic mass is 16.7. The minimum absolute atomic E-state index is 0.000490. The summed E-state index contributed by atoms with van der Waals surface area (Å²) in [4.78, 5) is 23.9. The fourth-order valence-corrected chi connectivity index (χ4v) is 6.98. The summed E-state index contributed by atoms with van der Waals surface area (Å²) in [5, 5.41) is 23.8. The van der Waals surface area contributed by atoms with E-state index >= 15 is 0 Å². The number of aliphatic hydroxyl groups is 2. The van der Waals surface area contributed by atoms with E-state index in [1.807, 2.05) is 123 Å². The molecular weight excluding hydrogens is 677 g/mol. The van der Waals surface area contributed by atoms with E-state index in [0.717, 1.165) is 44.5 Å². The molecule has 0 saturated carbocycles. The molecule has 6 unspecified atom stereocenters. The van der Waals surface area contributed by atoms with Gasteiger partial charge in [0, 0.05) is 30.6 Å². The maximum Gasteiger partial charge on any atom is 0.271 e. The zero-order valence-electron chi connectivity index (χ0n) is 30.7. The molecule has 0 radical (unpaired) electrons. The van der Waals surface area contributed by atoms with Crippen LogP contribution in [0, 0.1) is 5.92 Å². The molecule has 1 fully saturated rings. The molecule has 3 N–H and O–H groups in total. The number of likely N-dealkylation sites (N-methyl/N-ethyl adjacent to an activating group) is 1. The molecule has 7 rings (SSSR count). The van der Waals surface area contributed by atoms with E-state index in [1.54, 1.807) is 0 Å². The quantitative estimate of drug-likeness (QED) is 0.119. The standard InChI is InChI=1S/C45H46N4O5/c1-29-41(27-49(3)30(2)42(51)34-11-5-4-6-12-34)53-45(54-43(29)35-18-16-31(28-50)17-19-35)36-22-20-33(21-23-36)37-13-9-10-32(24-37)25-47-44(52)40-26-46-38-14-7-8-15-39(38)48-40/h4-24,26,29-30,41-43,45,50-51H,25,27-28H2,1-3H3,(H,47,52). The summed E-state index contributed by atoms with van der Waals surface area (Å²) >= 11 is 0. The van der Waals surface area contributed by atoms with Gasteiger partial charge in [0.25, 0.3) is 5.91 Å². The van der Waals surface area contributed by atoms with E-state index in [-0.39, 0.29) is 42.4 Å². The Bertz CT molecular complexity index is 2160. The van der Waals surface area contributed by atoms with Crippen LogP contribution in [-0.4, -0.2) is 56.7 Å². The lowest BCUT2D eigenvalue weighted by atomic mass is 9.89. The summed E-state index contributed by atoms with van der Waals surface area (Å²) in [6.07, 6.45) is -0.219. The smallest absolute Gasteiger partial charge is 0.271 e. The highest BCUT2D eigenvalue weighted by Crippen LogP contribution is 2.42. The van der Waals surface area contributed by atoms with E-state index in [1.165, 1.54) is 6.20 Å². The largest absolute Gasteiger partial charge is 0.392 e. The molecule has 54 heavy (non-hydrogen) atoms. The first-order chi connectivity index (χ1) is 26.3. The van der Waals surface area contributed by atoms with Gasteiger partial charge in [-0.05, 0) is 65.6 Å². The first-order valence-electron chi connectivity index (χ1n) is 18.4. The number of carbonyl (C=O) groups is 1. The van der Waals surface area contributed by atoms with Crippen LogP contribution in [0.1, 0.15) is 70.7 Å². The molecule has 0 spiro atoms. The van der Waals surface area contributed by atoms with E-state index in [9.17, 15) is 15.0 Å². The number of rotatable bonds is 12. The number of benzene rings is 5. The third-order valence-electron chi connectivity index (χ3n) is 10.5. The van der Waals surface area contributed by atoms with E-state index < -0.39 is 12.4 Å². The van der Waals surface area contributed by atoms with Gasteiger partial charge in [-0.2, -0.15) is 0 Å². The summed E-state index contributed by atoms with van der Waals surface area (Å²) in [5.74, 6) is -0.278. The Morgan fingerprint density at radius 2 is 1.52 bits per heavy atom. The summed E-state index contributed by atoms with van der Waals surface area (Å²) in [7, 11) is 2.02. The number of amides is 1. The predicted octanol–water partition coefficient (Wildman–Crippen LogP) is 7.56. The van der Waals surface area contributed by atoms with E-state index in [4.69, 9.17) is 9.47 Å². The summed E-state index contributed by atoms with van der Waals surface area (Å²) in [6.45, 7) is 5.09. The summed E-state index contributed by atoms with van der Waals surface area (Å²) in [5.41, 5.74) is 8.34. The van der Waals surface area contributed by atoms with Crippen molar-refractivity contribution in [2.45, 2.75) is 57.6 Å². The minimum Gasteiger partial charge on any atom is -0.392 e. The number of nitrogens with one attached hydrogen (secondary N) is 1. The monoisotopic (exact) mass is 722 g/mol. The van der Waals surface area contributed by atoms with Crippen molar-refractivity contribution in [3.8, 4) is 11.1 Å². The SMILES string of the molecule is CC1C(CN(C)C(C)C(O)c2ccccc2)OC(c2ccc(-c3cccc(CNC(=O)c4cnc5ccccc5n4)c3)cc2)OC1c1ccc(CO)cc1. The number of ether oxygens (including phenoxy) is 2. The third-order valence-corrected chi connectivity index (χ3v) is 10.5. The molecule has 6 aromatic rings. The van der Waals surface area contributed by atoms with Crippen LogP contribution in [0.25, 0.3) is 22.2 Å². The van der Waals surface area contributed by atoms with Crippen molar-refractivity contribution in [1.82, 2.24) is 20.2 Å². The van der Waals surface area contributed by atoms with Gasteiger partial charge in [-0.1, -0.05) is 116 Å². The highest BCUT2D eigenvalue weighted by Gasteiger charge is 2.39. The molecule has 1 aromatic heterocycles. The van der Waals surface area contributed by atoms with Gasteiger partial charge in [0.15, 0.2) is 6.29 Å². The van der Waals surface area contributed by atoms with Crippen molar-refractivity contribution >= 4 is 16.9 Å². The van der Waals surface area contributed by atoms with Gasteiger partial charge in [-0.25, -0.2) is 4.98 Å². The normalized spacial score (nSPS) is 19.7. The second-order valence-corrected chi connectivity index (χ2v) is 14.1. The lowest BCUT2D eigenvalue weighted by Crippen LogP contribution is -2.46. The lowest BCUT2D eigenvalue weighted by Gasteiger charge is -2.43. The van der Waals surface area contributed by atoms with Crippen LogP contribution in [0.5, 0.6) is 0 Å². The van der Waals surface area contributed by atoms with Crippen LogP contribution in [0.2, 0.25) is 0 Å². The third kappa shape index (κ3) is 8.41. The zero-order valence-corrected chi connectivity index (χ0v) is 30.7. The number of aromatic nitrogens is 2. The average Bonchev–Trinajstić information content (AvgIpc) is 3.23. The number of fused-ring (bicyclic) bond motifs is 1. The van der Waals surface area contributed by atoms with Crippen LogP contribution >= 0.6 is 0 Å². The Hall–Kier alpha value is -5.29. The van der Waals surface area contributed by atoms with E-state index in [2.05, 4.69) is 45.3 Å². The molecule has 5 aromatic carbocycles. The maximum absolute atomic E-state index is 12.9. The Labute approximate surface area is 316 Å². The number of nitrogens with zero attached hydrogens (tertiary/aromatic N) is 3. The Morgan fingerprint density at radius 1 is 0.815 bits per heavy atom. The van der Waals surface area contributed by atoms with Gasteiger partial charge in [-0.3, -0.25) is 14.7 Å². The van der Waals surface area contributed by atoms with Gasteiger partial charge >= 0.3 is 0 Å². The van der Waals surface area contributed by atoms with Gasteiger partial charge < -0.3 is 25.0 Å². The topological polar surface area (TPSA) is 117 Å². The first kappa shape index (κ1) is 37.0. The van der Waals surface area contributed by atoms with Gasteiger partial charge in [0.05, 0.1) is 42.1 Å². The second kappa shape index (κ2) is 16.8. The van der Waals surface area contributed by atoms with Gasteiger partial charge in [-0.15, -0.1) is 0 Å². The Balaban J connectivity index is 1.06. The molecule has 6 atom stereocenters. The van der Waals surface area contributed by atoms with Crippen molar-refractivity contribution in [2.24, 2.45) is 5.92 Å². The number of hydrogen-bond acceptors (Lipinski definition) is 8. The number of para-hydroxylation sites is 2. The number of hydrogen-bond donors (Lipinski definition) is 3. The van der Waals surface area contributed by atoms with Crippen LogP contribution < -0.4 is 5.32 Å². The molecular formula is C45H46N4O5. The first-order valence-corrected chi connectivity index (χ1v) is 18.4. The summed E-state index contributed by atoms with van der Waals surface area (Å²) in [6, 6.07) is 41.3.